The van der Waals surface area contributed by atoms with E-state index < -0.39 is 11.6 Å². The van der Waals surface area contributed by atoms with E-state index in [1.165, 1.54) is 37.6 Å². The van der Waals surface area contributed by atoms with Gasteiger partial charge < -0.3 is 9.72 Å². The first kappa shape index (κ1) is 15.5. The van der Waals surface area contributed by atoms with E-state index in [1.54, 1.807) is 24.3 Å². The molecule has 0 bridgehead atoms. The van der Waals surface area contributed by atoms with E-state index >= 15 is 0 Å². The van der Waals surface area contributed by atoms with E-state index in [0.717, 1.165) is 0 Å². The van der Waals surface area contributed by atoms with Crippen LogP contribution in [0.2, 0.25) is 0 Å². The number of para-hydroxylation sites is 1. The summed E-state index contributed by atoms with van der Waals surface area (Å²) in [4.78, 5) is 15.5. The van der Waals surface area contributed by atoms with Gasteiger partial charge in [0.2, 0.25) is 5.78 Å². The van der Waals surface area contributed by atoms with E-state index in [1.807, 2.05) is 6.07 Å². The van der Waals surface area contributed by atoms with Crippen LogP contribution in [0.5, 0.6) is 5.75 Å². The van der Waals surface area contributed by atoms with Crippen LogP contribution in [0.1, 0.15) is 15.9 Å². The molecule has 0 saturated carbocycles. The van der Waals surface area contributed by atoms with Crippen molar-refractivity contribution in [3.05, 3.63) is 71.2 Å². The first-order chi connectivity index (χ1) is 11.6. The molecule has 3 rings (SSSR count). The van der Waals surface area contributed by atoms with Crippen molar-refractivity contribution in [2.45, 2.75) is 0 Å². The van der Waals surface area contributed by atoms with Crippen molar-refractivity contribution in [1.29, 1.82) is 5.26 Å². The second kappa shape index (κ2) is 6.39. The maximum absolute atomic E-state index is 13.3. The van der Waals surface area contributed by atoms with Crippen molar-refractivity contribution >= 4 is 22.8 Å². The Balaban J connectivity index is 2.06. The first-order valence-corrected chi connectivity index (χ1v) is 7.20. The molecule has 0 amide bonds. The molecule has 0 fully saturated rings. The molecule has 0 unspecified atom stereocenters. The Labute approximate surface area is 137 Å². The van der Waals surface area contributed by atoms with Crippen LogP contribution in [0.4, 0.5) is 4.39 Å². The van der Waals surface area contributed by atoms with E-state index in [0.29, 0.717) is 27.8 Å². The zero-order chi connectivity index (χ0) is 17.1. The van der Waals surface area contributed by atoms with Crippen molar-refractivity contribution in [2.24, 2.45) is 0 Å². The Hall–Kier alpha value is -3.39. The predicted octanol–water partition coefficient (Wildman–Crippen LogP) is 4.11. The van der Waals surface area contributed by atoms with Crippen molar-refractivity contribution in [2.75, 3.05) is 7.11 Å². The predicted molar refractivity (Wildman–Crippen MR) is 89.2 cm³/mol. The van der Waals surface area contributed by atoms with Gasteiger partial charge in [0.15, 0.2) is 0 Å². The lowest BCUT2D eigenvalue weighted by atomic mass is 10.0. The van der Waals surface area contributed by atoms with Crippen molar-refractivity contribution in [3.8, 4) is 11.8 Å². The first-order valence-electron chi connectivity index (χ1n) is 7.20. The summed E-state index contributed by atoms with van der Waals surface area (Å²) in [6.45, 7) is 0. The summed E-state index contributed by atoms with van der Waals surface area (Å²) < 4.78 is 18.5. The number of fused-ring (bicyclic) bond motifs is 1. The Bertz CT molecular complexity index is 996. The molecule has 5 heteroatoms. The van der Waals surface area contributed by atoms with Crippen LogP contribution in [0.15, 0.2) is 54.2 Å². The summed E-state index contributed by atoms with van der Waals surface area (Å²) in [7, 11) is 1.52. The number of aromatic amines is 1. The quantitative estimate of drug-likeness (QED) is 0.447. The lowest BCUT2D eigenvalue weighted by Gasteiger charge is -2.04. The smallest absolute Gasteiger partial charge is 0.205 e. The fraction of sp³-hybridized carbons (Fsp3) is 0.0526. The van der Waals surface area contributed by atoms with Crippen LogP contribution in [0.3, 0.4) is 0 Å². The molecule has 1 heterocycles. The average molecular weight is 320 g/mol. The highest BCUT2D eigenvalue weighted by Gasteiger charge is 2.17. The lowest BCUT2D eigenvalue weighted by molar-refractivity contribution is 0.104. The number of H-pyrrole nitrogens is 1. The molecule has 118 valence electrons. The van der Waals surface area contributed by atoms with Crippen molar-refractivity contribution in [3.63, 3.8) is 0 Å². The zero-order valence-corrected chi connectivity index (χ0v) is 12.8. The Kier molecular flexibility index (Phi) is 4.13. The number of halogens is 1. The van der Waals surface area contributed by atoms with Gasteiger partial charge in [-0.25, -0.2) is 4.39 Å². The van der Waals surface area contributed by atoms with E-state index in [2.05, 4.69) is 4.98 Å². The third-order valence-electron chi connectivity index (χ3n) is 3.69. The van der Waals surface area contributed by atoms with Gasteiger partial charge in [0.05, 0.1) is 7.11 Å². The van der Waals surface area contributed by atoms with Gasteiger partial charge in [0, 0.05) is 28.2 Å². The molecule has 0 spiro atoms. The van der Waals surface area contributed by atoms with Crippen LogP contribution in [-0.4, -0.2) is 17.9 Å². The molecule has 0 atom stereocenters. The van der Waals surface area contributed by atoms with Crippen molar-refractivity contribution in [1.82, 2.24) is 4.98 Å². The third kappa shape index (κ3) is 2.77. The largest absolute Gasteiger partial charge is 0.496 e. The highest BCUT2D eigenvalue weighted by Crippen LogP contribution is 2.25. The zero-order valence-electron chi connectivity index (χ0n) is 12.8. The summed E-state index contributed by atoms with van der Waals surface area (Å²) in [5.74, 6) is -0.256. The number of carbonyl (C=O) groups excluding carboxylic acids is 1. The Morgan fingerprint density at radius 1 is 1.29 bits per heavy atom. The summed E-state index contributed by atoms with van der Waals surface area (Å²) in [6, 6.07) is 13.1. The second-order valence-corrected chi connectivity index (χ2v) is 5.13. The number of benzene rings is 2. The molecule has 0 saturated heterocycles. The summed E-state index contributed by atoms with van der Waals surface area (Å²) in [5.41, 5.74) is 1.45. The third-order valence-corrected chi connectivity index (χ3v) is 3.69. The fourth-order valence-electron chi connectivity index (χ4n) is 2.52. The summed E-state index contributed by atoms with van der Waals surface area (Å²) in [5, 5.41) is 9.96. The molecule has 0 radical (unpaired) electrons. The number of hydrogen-bond acceptors (Lipinski definition) is 3. The minimum absolute atomic E-state index is 0.0234. The second-order valence-electron chi connectivity index (χ2n) is 5.13. The van der Waals surface area contributed by atoms with Gasteiger partial charge in [-0.2, -0.15) is 5.26 Å². The number of allylic oxidation sites excluding steroid dienone is 1. The fourth-order valence-corrected chi connectivity index (χ4v) is 2.52. The molecule has 1 aromatic heterocycles. The number of nitriles is 1. The average Bonchev–Trinajstić information content (AvgIpc) is 3.02. The minimum atomic E-state index is -0.429. The van der Waals surface area contributed by atoms with Crippen LogP contribution in [0, 0.1) is 17.1 Å². The SMILES string of the molecule is COc1ccccc1/C=C(/C#N)C(=O)c1c[nH]c2cc(F)ccc12. The van der Waals surface area contributed by atoms with Crippen molar-refractivity contribution < 1.29 is 13.9 Å². The van der Waals surface area contributed by atoms with Gasteiger partial charge in [0.1, 0.15) is 23.2 Å². The minimum Gasteiger partial charge on any atom is -0.496 e. The van der Waals surface area contributed by atoms with Gasteiger partial charge in [-0.3, -0.25) is 4.79 Å². The van der Waals surface area contributed by atoms with Gasteiger partial charge >= 0.3 is 0 Å². The topological polar surface area (TPSA) is 65.9 Å². The van der Waals surface area contributed by atoms with Crippen LogP contribution in [-0.2, 0) is 0 Å². The number of methoxy groups -OCH3 is 1. The molecule has 0 aliphatic heterocycles. The van der Waals surface area contributed by atoms with Gasteiger partial charge in [-0.15, -0.1) is 0 Å². The number of hydrogen-bond donors (Lipinski definition) is 1. The van der Waals surface area contributed by atoms with Crippen LogP contribution >= 0.6 is 0 Å². The molecule has 24 heavy (non-hydrogen) atoms. The number of Topliss-reactive ketones (excluding diaryl/α,β-unsaturated/α-hetero) is 1. The summed E-state index contributed by atoms with van der Waals surface area (Å²) >= 11 is 0. The summed E-state index contributed by atoms with van der Waals surface area (Å²) in [6.07, 6.45) is 2.98. The molecule has 1 N–H and O–H groups in total. The number of nitrogens with one attached hydrogen (secondary N) is 1. The van der Waals surface area contributed by atoms with E-state index in [4.69, 9.17) is 4.74 Å². The molecule has 4 nitrogen and oxygen atoms in total. The molecular weight excluding hydrogens is 307 g/mol. The van der Waals surface area contributed by atoms with Crippen LogP contribution < -0.4 is 4.74 Å². The highest BCUT2D eigenvalue weighted by atomic mass is 19.1. The van der Waals surface area contributed by atoms with Gasteiger partial charge in [-0.05, 0) is 30.3 Å². The maximum atomic E-state index is 13.3. The van der Waals surface area contributed by atoms with E-state index in [-0.39, 0.29) is 5.57 Å². The molecule has 3 aromatic rings. The highest BCUT2D eigenvalue weighted by molar-refractivity contribution is 6.19. The number of ketones is 1. The number of carbonyl (C=O) groups is 1. The lowest BCUT2D eigenvalue weighted by Crippen LogP contribution is -2.01. The normalized spacial score (nSPS) is 11.3. The number of rotatable bonds is 4. The molecule has 2 aromatic carbocycles. The number of aromatic nitrogens is 1. The molecule has 0 aliphatic rings. The Morgan fingerprint density at radius 3 is 2.83 bits per heavy atom. The molecular formula is C19H13FN2O2. The number of nitrogens with zero attached hydrogens (tertiary/aromatic N) is 1. The standard InChI is InChI=1S/C19H13FN2O2/c1-24-18-5-3-2-4-12(18)8-13(10-21)19(23)16-11-22-17-9-14(20)6-7-15(16)17/h2-9,11,22H,1H3/b13-8-. The number of ether oxygens (including phenoxy) is 1. The molecule has 0 aliphatic carbocycles. The van der Waals surface area contributed by atoms with Crippen LogP contribution in [0.25, 0.3) is 17.0 Å². The Morgan fingerprint density at radius 2 is 2.08 bits per heavy atom. The maximum Gasteiger partial charge on any atom is 0.205 e. The van der Waals surface area contributed by atoms with Gasteiger partial charge in [0.25, 0.3) is 0 Å². The van der Waals surface area contributed by atoms with E-state index in [9.17, 15) is 14.4 Å². The monoisotopic (exact) mass is 320 g/mol. The van der Waals surface area contributed by atoms with Gasteiger partial charge in [-0.1, -0.05) is 18.2 Å².